The van der Waals surface area contributed by atoms with E-state index in [0.717, 1.165) is 29.0 Å². The molecular weight excluding hydrogens is 566 g/mol. The van der Waals surface area contributed by atoms with Crippen LogP contribution in [-0.4, -0.2) is 72.8 Å². The molecule has 4 aromatic rings. The van der Waals surface area contributed by atoms with E-state index in [2.05, 4.69) is 25.3 Å². The van der Waals surface area contributed by atoms with Crippen molar-refractivity contribution in [1.82, 2.24) is 34.2 Å². The third-order valence-corrected chi connectivity index (χ3v) is 8.04. The Morgan fingerprint density at radius 3 is 2.66 bits per heavy atom. The maximum Gasteiger partial charge on any atom is 0.331 e. The summed E-state index contributed by atoms with van der Waals surface area (Å²) in [6.45, 7) is 2.06. The molecule has 0 spiro atoms. The lowest BCUT2D eigenvalue weighted by Gasteiger charge is -2.17. The van der Waals surface area contributed by atoms with Gasteiger partial charge in [0.1, 0.15) is 31.4 Å². The van der Waals surface area contributed by atoms with Crippen molar-refractivity contribution in [3.63, 3.8) is 0 Å². The number of aryl methyl sites for hydroxylation is 1. The summed E-state index contributed by atoms with van der Waals surface area (Å²) in [5, 5.41) is 2.88. The first-order chi connectivity index (χ1) is 21.3. The van der Waals surface area contributed by atoms with E-state index < -0.39 is 0 Å². The minimum atomic E-state index is -0.379. The fraction of sp³-hybridized carbons (Fsp3) is 0.400. The number of methoxy groups -OCH3 is 1. The number of nitrogens with one attached hydrogen (secondary N) is 1. The number of ether oxygens (including phenoxy) is 2. The van der Waals surface area contributed by atoms with E-state index in [1.54, 1.807) is 12.3 Å². The van der Waals surface area contributed by atoms with E-state index >= 15 is 0 Å². The van der Waals surface area contributed by atoms with Gasteiger partial charge < -0.3 is 19.2 Å². The number of carbonyl (C=O) groups is 3. The van der Waals surface area contributed by atoms with Crippen molar-refractivity contribution >= 4 is 35.0 Å². The highest BCUT2D eigenvalue weighted by Gasteiger charge is 2.46. The summed E-state index contributed by atoms with van der Waals surface area (Å²) in [6, 6.07) is 4.97. The second kappa shape index (κ2) is 10.9. The molecule has 3 aliphatic rings. The molecule has 0 radical (unpaired) electrons. The van der Waals surface area contributed by atoms with Crippen molar-refractivity contribution < 1.29 is 23.9 Å². The zero-order valence-corrected chi connectivity index (χ0v) is 24.6. The van der Waals surface area contributed by atoms with E-state index in [9.17, 15) is 14.4 Å². The van der Waals surface area contributed by atoms with E-state index in [0.29, 0.717) is 46.8 Å². The van der Waals surface area contributed by atoms with E-state index in [-0.39, 0.29) is 55.3 Å². The standard InChI is InChI=1S/C30H31N9O5/c1-16-6-7-31-27(32-16)20-9-21(20)29(41)36-23-10-25(35-24(34-23)15-43-3)44-14-19-12-38-11-18(17-4-5-17)8-22(28(38)33-19)39-13-26(40)37(2)30(39)42/h6-8,10-12,17,20-21H,4-5,9,13-15H2,1-3H3,(H,34,35,36,41). The third kappa shape index (κ3) is 5.43. The number of carbonyl (C=O) groups excluding carboxylic acids is 3. The van der Waals surface area contributed by atoms with Crippen molar-refractivity contribution in [3.05, 3.63) is 65.4 Å². The Morgan fingerprint density at radius 1 is 1.09 bits per heavy atom. The topological polar surface area (TPSA) is 157 Å². The number of pyridine rings is 1. The van der Waals surface area contributed by atoms with Crippen molar-refractivity contribution in [2.24, 2.45) is 5.92 Å². The molecule has 14 heteroatoms. The van der Waals surface area contributed by atoms with Crippen molar-refractivity contribution in [2.45, 2.75) is 51.2 Å². The Labute approximate surface area is 252 Å². The summed E-state index contributed by atoms with van der Waals surface area (Å²) in [5.41, 5.74) is 3.70. The van der Waals surface area contributed by atoms with Gasteiger partial charge in [0.15, 0.2) is 11.5 Å². The lowest BCUT2D eigenvalue weighted by Crippen LogP contribution is -2.30. The largest absolute Gasteiger partial charge is 0.471 e. The lowest BCUT2D eigenvalue weighted by molar-refractivity contribution is -0.124. The van der Waals surface area contributed by atoms with E-state index in [4.69, 9.17) is 14.5 Å². The highest BCUT2D eigenvalue weighted by Crippen LogP contribution is 2.46. The minimum Gasteiger partial charge on any atom is -0.471 e. The molecule has 0 aromatic carbocycles. The van der Waals surface area contributed by atoms with Gasteiger partial charge in [-0.2, -0.15) is 4.98 Å². The predicted octanol–water partition coefficient (Wildman–Crippen LogP) is 2.97. The molecule has 226 valence electrons. The Balaban J connectivity index is 1.09. The van der Waals surface area contributed by atoms with Gasteiger partial charge in [0, 0.05) is 56.3 Å². The van der Waals surface area contributed by atoms with Crippen LogP contribution in [-0.2, 0) is 27.5 Å². The Morgan fingerprint density at radius 2 is 1.93 bits per heavy atom. The highest BCUT2D eigenvalue weighted by atomic mass is 16.5. The Hall–Kier alpha value is -4.98. The molecule has 7 rings (SSSR count). The van der Waals surface area contributed by atoms with Gasteiger partial charge in [-0.3, -0.25) is 19.4 Å². The summed E-state index contributed by atoms with van der Waals surface area (Å²) in [5.74, 6) is 1.29. The number of urea groups is 1. The van der Waals surface area contributed by atoms with Crippen molar-refractivity contribution in [3.8, 4) is 5.88 Å². The number of fused-ring (bicyclic) bond motifs is 1. The molecule has 2 unspecified atom stereocenters. The number of anilines is 2. The van der Waals surface area contributed by atoms with Crippen LogP contribution in [0, 0.1) is 12.8 Å². The molecule has 0 bridgehead atoms. The zero-order chi connectivity index (χ0) is 30.5. The normalized spacial score (nSPS) is 19.6. The Bertz CT molecular complexity index is 1800. The summed E-state index contributed by atoms with van der Waals surface area (Å²) >= 11 is 0. The number of nitrogens with zero attached hydrogens (tertiary/aromatic N) is 8. The molecule has 5 heterocycles. The van der Waals surface area contributed by atoms with Crippen LogP contribution in [0.15, 0.2) is 36.8 Å². The van der Waals surface area contributed by atoms with Crippen molar-refractivity contribution in [1.29, 1.82) is 0 Å². The quantitative estimate of drug-likeness (QED) is 0.270. The fourth-order valence-electron chi connectivity index (χ4n) is 5.43. The van der Waals surface area contributed by atoms with E-state index in [1.165, 1.54) is 19.1 Å². The maximum absolute atomic E-state index is 13.0. The molecule has 1 saturated heterocycles. The summed E-state index contributed by atoms with van der Waals surface area (Å²) < 4.78 is 13.1. The molecule has 3 fully saturated rings. The van der Waals surface area contributed by atoms with Crippen LogP contribution < -0.4 is 15.0 Å². The molecule has 1 aliphatic heterocycles. The SMILES string of the molecule is COCc1nc(NC(=O)C2CC2c2nccc(C)n2)cc(OCc2cn3cc(C4CC4)cc(N4CC(=O)N(C)C4=O)c3n2)n1. The van der Waals surface area contributed by atoms with Crippen molar-refractivity contribution in [2.75, 3.05) is 30.9 Å². The summed E-state index contributed by atoms with van der Waals surface area (Å²) in [6.07, 6.45) is 8.40. The number of aromatic nitrogens is 6. The number of imidazole rings is 1. The van der Waals surface area contributed by atoms with Crippen LogP contribution in [0.3, 0.4) is 0 Å². The van der Waals surface area contributed by atoms with Crippen LogP contribution in [0.2, 0.25) is 0 Å². The maximum atomic E-state index is 13.0. The van der Waals surface area contributed by atoms with Crippen LogP contribution in [0.5, 0.6) is 5.88 Å². The second-order valence-corrected chi connectivity index (χ2v) is 11.4. The van der Waals surface area contributed by atoms with Gasteiger partial charge in [-0.25, -0.2) is 24.7 Å². The average Bonchev–Trinajstić information content (AvgIpc) is 3.93. The predicted molar refractivity (Wildman–Crippen MR) is 156 cm³/mol. The molecule has 14 nitrogen and oxygen atoms in total. The molecular formula is C30H31N9O5. The minimum absolute atomic E-state index is 0.0272. The first kappa shape index (κ1) is 27.8. The smallest absolute Gasteiger partial charge is 0.331 e. The van der Waals surface area contributed by atoms with Gasteiger partial charge in [0.25, 0.3) is 0 Å². The summed E-state index contributed by atoms with van der Waals surface area (Å²) in [7, 11) is 3.02. The zero-order valence-electron chi connectivity index (χ0n) is 24.6. The molecule has 4 aromatic heterocycles. The Kier molecular flexibility index (Phi) is 6.92. The van der Waals surface area contributed by atoms with Gasteiger partial charge in [0.05, 0.1) is 11.4 Å². The number of hydrogen-bond donors (Lipinski definition) is 1. The molecule has 2 saturated carbocycles. The van der Waals surface area contributed by atoms with Crippen LogP contribution >= 0.6 is 0 Å². The van der Waals surface area contributed by atoms with Crippen LogP contribution in [0.1, 0.15) is 59.7 Å². The fourth-order valence-corrected chi connectivity index (χ4v) is 5.43. The number of likely N-dealkylation sites (N-methyl/N-ethyl adjacent to an activating group) is 1. The number of amides is 4. The first-order valence-corrected chi connectivity index (χ1v) is 14.5. The van der Waals surface area contributed by atoms with Gasteiger partial charge in [-0.15, -0.1) is 0 Å². The molecule has 2 atom stereocenters. The molecule has 4 amide bonds. The number of imide groups is 1. The van der Waals surface area contributed by atoms with E-state index in [1.807, 2.05) is 35.9 Å². The first-order valence-electron chi connectivity index (χ1n) is 14.5. The van der Waals surface area contributed by atoms with Crippen LogP contribution in [0.4, 0.5) is 16.3 Å². The lowest BCUT2D eigenvalue weighted by atomic mass is 10.1. The van der Waals surface area contributed by atoms with Gasteiger partial charge in [-0.05, 0) is 49.8 Å². The second-order valence-electron chi connectivity index (χ2n) is 11.4. The molecule has 2 aliphatic carbocycles. The number of rotatable bonds is 10. The monoisotopic (exact) mass is 597 g/mol. The number of hydrogen-bond acceptors (Lipinski definition) is 10. The van der Waals surface area contributed by atoms with Gasteiger partial charge in [0.2, 0.25) is 17.7 Å². The molecule has 1 N–H and O–H groups in total. The van der Waals surface area contributed by atoms with Gasteiger partial charge >= 0.3 is 6.03 Å². The molecule has 44 heavy (non-hydrogen) atoms. The highest BCUT2D eigenvalue weighted by molar-refractivity contribution is 6.13. The van der Waals surface area contributed by atoms with Gasteiger partial charge in [-0.1, -0.05) is 0 Å². The third-order valence-electron chi connectivity index (χ3n) is 8.04. The average molecular weight is 598 g/mol. The van der Waals surface area contributed by atoms with Crippen LogP contribution in [0.25, 0.3) is 5.65 Å². The summed E-state index contributed by atoms with van der Waals surface area (Å²) in [4.78, 5) is 63.1.